The number of hydrogen-bond donors (Lipinski definition) is 0. The van der Waals surface area contributed by atoms with Gasteiger partial charge in [-0.3, -0.25) is 0 Å². The van der Waals surface area contributed by atoms with Crippen molar-refractivity contribution < 1.29 is 14.3 Å². The largest absolute Gasteiger partial charge is 0.457 e. The number of ether oxygens (including phenoxy) is 2. The van der Waals surface area contributed by atoms with Crippen LogP contribution in [0.25, 0.3) is 6.08 Å². The SMILES string of the molecule is Cc1ccsc1/C=C1/N=C(c2ccc(Oc3ccccc3)cc2)OC1=O. The maximum atomic E-state index is 12.1. The second-order valence-electron chi connectivity index (χ2n) is 5.74. The summed E-state index contributed by atoms with van der Waals surface area (Å²) in [5.41, 5.74) is 2.15. The first-order valence-electron chi connectivity index (χ1n) is 8.09. The number of aliphatic imine (C=N–C) groups is 1. The normalized spacial score (nSPS) is 15.0. The molecular weight excluding hydrogens is 346 g/mol. The van der Waals surface area contributed by atoms with Gasteiger partial charge in [-0.1, -0.05) is 18.2 Å². The molecule has 0 atom stereocenters. The van der Waals surface area contributed by atoms with Crippen molar-refractivity contribution in [2.24, 2.45) is 4.99 Å². The molecular formula is C21H15NO3S. The van der Waals surface area contributed by atoms with E-state index in [1.54, 1.807) is 17.4 Å². The van der Waals surface area contributed by atoms with E-state index in [4.69, 9.17) is 9.47 Å². The maximum absolute atomic E-state index is 12.1. The third-order valence-corrected chi connectivity index (χ3v) is 4.84. The lowest BCUT2D eigenvalue weighted by atomic mass is 10.2. The van der Waals surface area contributed by atoms with Gasteiger partial charge in [-0.2, -0.15) is 0 Å². The predicted molar refractivity (Wildman–Crippen MR) is 103 cm³/mol. The Bertz CT molecular complexity index is 1000. The topological polar surface area (TPSA) is 47.9 Å². The van der Waals surface area contributed by atoms with E-state index in [-0.39, 0.29) is 0 Å². The summed E-state index contributed by atoms with van der Waals surface area (Å²) in [5, 5.41) is 1.98. The fourth-order valence-corrected chi connectivity index (χ4v) is 3.33. The zero-order valence-corrected chi connectivity index (χ0v) is 14.8. The molecule has 0 saturated carbocycles. The van der Waals surface area contributed by atoms with Crippen LogP contribution < -0.4 is 4.74 Å². The van der Waals surface area contributed by atoms with Crippen LogP contribution in [0.15, 0.2) is 76.7 Å². The summed E-state index contributed by atoms with van der Waals surface area (Å²) < 4.78 is 11.1. The summed E-state index contributed by atoms with van der Waals surface area (Å²) in [6, 6.07) is 18.8. The van der Waals surface area contributed by atoms with Crippen molar-refractivity contribution in [3.05, 3.63) is 87.7 Å². The molecule has 128 valence electrons. The van der Waals surface area contributed by atoms with E-state index in [2.05, 4.69) is 4.99 Å². The van der Waals surface area contributed by atoms with Gasteiger partial charge in [0.25, 0.3) is 0 Å². The van der Waals surface area contributed by atoms with Crippen molar-refractivity contribution in [2.45, 2.75) is 6.92 Å². The fraction of sp³-hybridized carbons (Fsp3) is 0.0476. The van der Waals surface area contributed by atoms with Crippen molar-refractivity contribution in [1.29, 1.82) is 0 Å². The zero-order chi connectivity index (χ0) is 17.9. The van der Waals surface area contributed by atoms with Crippen LogP contribution in [0.2, 0.25) is 0 Å². The van der Waals surface area contributed by atoms with E-state index in [0.29, 0.717) is 17.3 Å². The summed E-state index contributed by atoms with van der Waals surface area (Å²) >= 11 is 1.57. The molecule has 0 saturated heterocycles. The minimum atomic E-state index is -0.433. The highest BCUT2D eigenvalue weighted by Gasteiger charge is 2.24. The standard InChI is InChI=1S/C21H15NO3S/c1-14-11-12-26-19(14)13-18-21(23)25-20(22-18)15-7-9-17(10-8-15)24-16-5-3-2-4-6-16/h2-13H,1H3/b18-13+. The highest BCUT2D eigenvalue weighted by molar-refractivity contribution is 7.11. The van der Waals surface area contributed by atoms with E-state index in [1.807, 2.05) is 73.0 Å². The molecule has 5 heteroatoms. The monoisotopic (exact) mass is 361 g/mol. The maximum Gasteiger partial charge on any atom is 0.363 e. The molecule has 2 aromatic carbocycles. The predicted octanol–water partition coefficient (Wildman–Crippen LogP) is 5.19. The van der Waals surface area contributed by atoms with Gasteiger partial charge >= 0.3 is 5.97 Å². The van der Waals surface area contributed by atoms with E-state index in [0.717, 1.165) is 21.8 Å². The van der Waals surface area contributed by atoms with E-state index >= 15 is 0 Å². The number of thiophene rings is 1. The average Bonchev–Trinajstić information content (AvgIpc) is 3.23. The number of cyclic esters (lactones) is 1. The molecule has 0 radical (unpaired) electrons. The molecule has 0 unspecified atom stereocenters. The van der Waals surface area contributed by atoms with Gasteiger partial charge in [-0.25, -0.2) is 9.79 Å². The van der Waals surface area contributed by atoms with E-state index in [9.17, 15) is 4.79 Å². The number of aryl methyl sites for hydroxylation is 1. The molecule has 0 bridgehead atoms. The number of nitrogens with zero attached hydrogens (tertiary/aromatic N) is 1. The third-order valence-electron chi connectivity index (χ3n) is 3.87. The van der Waals surface area contributed by atoms with Crippen molar-refractivity contribution in [3.63, 3.8) is 0 Å². The summed E-state index contributed by atoms with van der Waals surface area (Å²) in [4.78, 5) is 17.4. The molecule has 2 heterocycles. The lowest BCUT2D eigenvalue weighted by Crippen LogP contribution is -2.05. The van der Waals surface area contributed by atoms with Crippen molar-refractivity contribution >= 4 is 29.3 Å². The molecule has 3 aromatic rings. The number of rotatable bonds is 4. The van der Waals surface area contributed by atoms with Gasteiger partial charge in [-0.15, -0.1) is 11.3 Å². The summed E-state index contributed by atoms with van der Waals surface area (Å²) in [6.45, 7) is 2.00. The van der Waals surface area contributed by atoms with E-state index < -0.39 is 5.97 Å². The van der Waals surface area contributed by atoms with Gasteiger partial charge in [0.1, 0.15) is 11.5 Å². The summed E-state index contributed by atoms with van der Waals surface area (Å²) in [6.07, 6.45) is 1.77. The summed E-state index contributed by atoms with van der Waals surface area (Å²) in [7, 11) is 0. The average molecular weight is 361 g/mol. The first-order chi connectivity index (χ1) is 12.7. The molecule has 0 amide bonds. The number of para-hydroxylation sites is 1. The highest BCUT2D eigenvalue weighted by Crippen LogP contribution is 2.25. The van der Waals surface area contributed by atoms with E-state index in [1.165, 1.54) is 0 Å². The van der Waals surface area contributed by atoms with Crippen LogP contribution in [-0.4, -0.2) is 11.9 Å². The Morgan fingerprint density at radius 1 is 1.00 bits per heavy atom. The molecule has 1 aliphatic heterocycles. The van der Waals surface area contributed by atoms with Crippen LogP contribution in [0.4, 0.5) is 0 Å². The second-order valence-corrected chi connectivity index (χ2v) is 6.69. The zero-order valence-electron chi connectivity index (χ0n) is 14.0. The van der Waals surface area contributed by atoms with Gasteiger partial charge < -0.3 is 9.47 Å². The molecule has 0 spiro atoms. The fourth-order valence-electron chi connectivity index (χ4n) is 2.48. The Hall–Kier alpha value is -3.18. The molecule has 1 aromatic heterocycles. The Kier molecular flexibility index (Phi) is 4.37. The number of benzene rings is 2. The molecule has 4 rings (SSSR count). The first kappa shape index (κ1) is 16.3. The minimum Gasteiger partial charge on any atom is -0.457 e. The van der Waals surface area contributed by atoms with Crippen LogP contribution in [-0.2, 0) is 9.53 Å². The lowest BCUT2D eigenvalue weighted by molar-refractivity contribution is -0.129. The van der Waals surface area contributed by atoms with Gasteiger partial charge in [-0.05, 0) is 66.4 Å². The number of hydrogen-bond acceptors (Lipinski definition) is 5. The third kappa shape index (κ3) is 3.43. The van der Waals surface area contributed by atoms with Crippen LogP contribution in [0.5, 0.6) is 11.5 Å². The summed E-state index contributed by atoms with van der Waals surface area (Å²) in [5.74, 6) is 1.34. The van der Waals surface area contributed by atoms with Crippen LogP contribution in [0, 0.1) is 6.92 Å². The highest BCUT2D eigenvalue weighted by atomic mass is 32.1. The van der Waals surface area contributed by atoms with Crippen molar-refractivity contribution in [2.75, 3.05) is 0 Å². The first-order valence-corrected chi connectivity index (χ1v) is 8.97. The molecule has 0 aliphatic carbocycles. The quantitative estimate of drug-likeness (QED) is 0.474. The van der Waals surface area contributed by atoms with Crippen LogP contribution in [0.1, 0.15) is 16.0 Å². The minimum absolute atomic E-state index is 0.307. The van der Waals surface area contributed by atoms with Crippen molar-refractivity contribution in [1.82, 2.24) is 0 Å². The van der Waals surface area contributed by atoms with Gasteiger partial charge in [0.15, 0.2) is 5.70 Å². The Balaban J connectivity index is 1.54. The second kappa shape index (κ2) is 6.98. The Morgan fingerprint density at radius 3 is 2.42 bits per heavy atom. The number of esters is 1. The number of carbonyl (C=O) groups is 1. The van der Waals surface area contributed by atoms with Gasteiger partial charge in [0.2, 0.25) is 5.90 Å². The van der Waals surface area contributed by atoms with Crippen molar-refractivity contribution in [3.8, 4) is 11.5 Å². The van der Waals surface area contributed by atoms with Crippen LogP contribution in [0.3, 0.4) is 0 Å². The number of carbonyl (C=O) groups excluding carboxylic acids is 1. The smallest absolute Gasteiger partial charge is 0.363 e. The lowest BCUT2D eigenvalue weighted by Gasteiger charge is -2.06. The van der Waals surface area contributed by atoms with Gasteiger partial charge in [0, 0.05) is 10.4 Å². The molecule has 26 heavy (non-hydrogen) atoms. The molecule has 0 N–H and O–H groups in total. The Morgan fingerprint density at radius 2 is 1.73 bits per heavy atom. The molecule has 0 fully saturated rings. The Labute approximate surface area is 155 Å². The van der Waals surface area contributed by atoms with Crippen LogP contribution >= 0.6 is 11.3 Å². The molecule has 4 nitrogen and oxygen atoms in total. The van der Waals surface area contributed by atoms with Gasteiger partial charge in [0.05, 0.1) is 0 Å². The molecule has 1 aliphatic rings.